The summed E-state index contributed by atoms with van der Waals surface area (Å²) in [5.41, 5.74) is 6.60. The molecule has 0 bridgehead atoms. The lowest BCUT2D eigenvalue weighted by atomic mass is 9.78. The molecule has 0 heterocycles. The lowest BCUT2D eigenvalue weighted by Gasteiger charge is -2.29. The van der Waals surface area contributed by atoms with Crippen molar-refractivity contribution in [2.75, 3.05) is 11.9 Å². The van der Waals surface area contributed by atoms with Gasteiger partial charge in [0.15, 0.2) is 0 Å². The largest absolute Gasteiger partial charge is 0.330 e. The Bertz CT molecular complexity index is 422. The van der Waals surface area contributed by atoms with Crippen molar-refractivity contribution in [1.29, 1.82) is 0 Å². The SMILES string of the molecule is NCC1CCCCC1C(=O)Nc1ccccc1Br. The molecule has 3 nitrogen and oxygen atoms in total. The Labute approximate surface area is 116 Å². The van der Waals surface area contributed by atoms with Crippen molar-refractivity contribution in [2.45, 2.75) is 25.7 Å². The molecule has 1 aliphatic rings. The Hall–Kier alpha value is -0.870. The molecule has 0 spiro atoms. The van der Waals surface area contributed by atoms with E-state index < -0.39 is 0 Å². The lowest BCUT2D eigenvalue weighted by molar-refractivity contribution is -0.122. The quantitative estimate of drug-likeness (QED) is 0.901. The van der Waals surface area contributed by atoms with Crippen LogP contribution in [0.15, 0.2) is 28.7 Å². The molecule has 98 valence electrons. The zero-order valence-electron chi connectivity index (χ0n) is 10.4. The summed E-state index contributed by atoms with van der Waals surface area (Å²) < 4.78 is 0.915. The van der Waals surface area contributed by atoms with Crippen molar-refractivity contribution in [3.05, 3.63) is 28.7 Å². The second-order valence-corrected chi connectivity index (χ2v) is 5.71. The van der Waals surface area contributed by atoms with E-state index in [-0.39, 0.29) is 11.8 Å². The monoisotopic (exact) mass is 310 g/mol. The third-order valence-electron chi connectivity index (χ3n) is 3.68. The molecule has 2 rings (SSSR count). The summed E-state index contributed by atoms with van der Waals surface area (Å²) >= 11 is 3.44. The van der Waals surface area contributed by atoms with Gasteiger partial charge >= 0.3 is 0 Å². The van der Waals surface area contributed by atoms with Crippen LogP contribution in [0.5, 0.6) is 0 Å². The summed E-state index contributed by atoms with van der Waals surface area (Å²) in [6, 6.07) is 7.68. The minimum atomic E-state index is 0.0656. The molecule has 0 saturated heterocycles. The van der Waals surface area contributed by atoms with E-state index in [1.165, 1.54) is 6.42 Å². The van der Waals surface area contributed by atoms with Crippen LogP contribution in [0.2, 0.25) is 0 Å². The highest BCUT2D eigenvalue weighted by molar-refractivity contribution is 9.10. The maximum atomic E-state index is 12.3. The molecule has 2 atom stereocenters. The van der Waals surface area contributed by atoms with Gasteiger partial charge in [-0.3, -0.25) is 4.79 Å². The molecule has 0 aromatic heterocycles. The Morgan fingerprint density at radius 2 is 2.06 bits per heavy atom. The minimum Gasteiger partial charge on any atom is -0.330 e. The number of nitrogens with one attached hydrogen (secondary N) is 1. The summed E-state index contributed by atoms with van der Waals surface area (Å²) in [4.78, 5) is 12.3. The molecule has 0 aliphatic heterocycles. The molecule has 1 saturated carbocycles. The lowest BCUT2D eigenvalue weighted by Crippen LogP contribution is -2.35. The normalized spacial score (nSPS) is 23.7. The van der Waals surface area contributed by atoms with Gasteiger partial charge in [0.05, 0.1) is 5.69 Å². The van der Waals surface area contributed by atoms with Crippen LogP contribution in [0.3, 0.4) is 0 Å². The third-order valence-corrected chi connectivity index (χ3v) is 4.37. The van der Waals surface area contributed by atoms with Crippen molar-refractivity contribution in [1.82, 2.24) is 0 Å². The highest BCUT2D eigenvalue weighted by Crippen LogP contribution is 2.31. The average molecular weight is 311 g/mol. The van der Waals surface area contributed by atoms with Crippen LogP contribution >= 0.6 is 15.9 Å². The molecular weight excluding hydrogens is 292 g/mol. The first-order valence-electron chi connectivity index (χ1n) is 6.48. The topological polar surface area (TPSA) is 55.1 Å². The molecule has 0 radical (unpaired) electrons. The van der Waals surface area contributed by atoms with Crippen molar-refractivity contribution >= 4 is 27.5 Å². The predicted octanol–water partition coefficient (Wildman–Crippen LogP) is 3.15. The zero-order chi connectivity index (χ0) is 13.0. The van der Waals surface area contributed by atoms with Crippen molar-refractivity contribution in [3.63, 3.8) is 0 Å². The van der Waals surface area contributed by atoms with E-state index in [1.54, 1.807) is 0 Å². The van der Waals surface area contributed by atoms with E-state index in [0.29, 0.717) is 12.5 Å². The van der Waals surface area contributed by atoms with Crippen LogP contribution in [-0.2, 0) is 4.79 Å². The van der Waals surface area contributed by atoms with Gasteiger partial charge in [0.2, 0.25) is 5.91 Å². The number of halogens is 1. The van der Waals surface area contributed by atoms with E-state index in [0.717, 1.165) is 29.4 Å². The molecule has 1 aliphatic carbocycles. The van der Waals surface area contributed by atoms with Crippen LogP contribution in [0, 0.1) is 11.8 Å². The van der Waals surface area contributed by atoms with E-state index in [1.807, 2.05) is 24.3 Å². The smallest absolute Gasteiger partial charge is 0.227 e. The van der Waals surface area contributed by atoms with Crippen LogP contribution < -0.4 is 11.1 Å². The fourth-order valence-corrected chi connectivity index (χ4v) is 3.01. The van der Waals surface area contributed by atoms with E-state index in [4.69, 9.17) is 5.73 Å². The number of benzene rings is 1. The summed E-state index contributed by atoms with van der Waals surface area (Å²) in [7, 11) is 0. The van der Waals surface area contributed by atoms with Crippen LogP contribution in [0.4, 0.5) is 5.69 Å². The molecule has 18 heavy (non-hydrogen) atoms. The van der Waals surface area contributed by atoms with Gasteiger partial charge in [-0.05, 0) is 53.4 Å². The number of anilines is 1. The van der Waals surface area contributed by atoms with Crippen molar-refractivity contribution in [2.24, 2.45) is 17.6 Å². The summed E-state index contributed by atoms with van der Waals surface area (Å²) in [6.45, 7) is 0.605. The first kappa shape index (κ1) is 13.6. The van der Waals surface area contributed by atoms with Crippen LogP contribution in [0.25, 0.3) is 0 Å². The van der Waals surface area contributed by atoms with Crippen molar-refractivity contribution in [3.8, 4) is 0 Å². The third kappa shape index (κ3) is 3.12. The average Bonchev–Trinajstić information content (AvgIpc) is 2.41. The Balaban J connectivity index is 2.05. The Kier molecular flexibility index (Phi) is 4.78. The molecule has 3 N–H and O–H groups in total. The second-order valence-electron chi connectivity index (χ2n) is 4.86. The van der Waals surface area contributed by atoms with Gasteiger partial charge in [-0.2, -0.15) is 0 Å². The van der Waals surface area contributed by atoms with Crippen LogP contribution in [-0.4, -0.2) is 12.5 Å². The van der Waals surface area contributed by atoms with Gasteiger partial charge < -0.3 is 11.1 Å². The molecule has 1 amide bonds. The summed E-state index contributed by atoms with van der Waals surface area (Å²) in [5.74, 6) is 0.508. The second kappa shape index (κ2) is 6.34. The number of carbonyl (C=O) groups is 1. The standard InChI is InChI=1S/C14H19BrN2O/c15-12-7-3-4-8-13(12)17-14(18)11-6-2-1-5-10(11)9-16/h3-4,7-8,10-11H,1-2,5-6,9,16H2,(H,17,18). The van der Waals surface area contributed by atoms with Crippen LogP contribution in [0.1, 0.15) is 25.7 Å². The van der Waals surface area contributed by atoms with Crippen molar-refractivity contribution < 1.29 is 4.79 Å². The predicted molar refractivity (Wildman–Crippen MR) is 77.3 cm³/mol. The zero-order valence-corrected chi connectivity index (χ0v) is 11.9. The van der Waals surface area contributed by atoms with Gasteiger partial charge in [0.1, 0.15) is 0 Å². The van der Waals surface area contributed by atoms with E-state index >= 15 is 0 Å². The first-order valence-corrected chi connectivity index (χ1v) is 7.27. The molecule has 1 aromatic carbocycles. The van der Waals surface area contributed by atoms with Gasteiger partial charge in [-0.15, -0.1) is 0 Å². The Morgan fingerprint density at radius 3 is 2.78 bits per heavy atom. The number of nitrogens with two attached hydrogens (primary N) is 1. The molecule has 4 heteroatoms. The molecule has 1 aromatic rings. The van der Waals surface area contributed by atoms with E-state index in [9.17, 15) is 4.79 Å². The number of carbonyl (C=O) groups excluding carboxylic acids is 1. The Morgan fingerprint density at radius 1 is 1.33 bits per heavy atom. The van der Waals surface area contributed by atoms with E-state index in [2.05, 4.69) is 21.2 Å². The molecule has 1 fully saturated rings. The number of rotatable bonds is 3. The highest BCUT2D eigenvalue weighted by atomic mass is 79.9. The minimum absolute atomic E-state index is 0.0656. The number of hydrogen-bond acceptors (Lipinski definition) is 2. The van der Waals surface area contributed by atoms with Gasteiger partial charge in [-0.25, -0.2) is 0 Å². The van der Waals surface area contributed by atoms with Gasteiger partial charge in [0.25, 0.3) is 0 Å². The van der Waals surface area contributed by atoms with Gasteiger partial charge in [-0.1, -0.05) is 25.0 Å². The fourth-order valence-electron chi connectivity index (χ4n) is 2.62. The molecular formula is C14H19BrN2O. The number of hydrogen-bond donors (Lipinski definition) is 2. The number of amides is 1. The maximum Gasteiger partial charge on any atom is 0.227 e. The van der Waals surface area contributed by atoms with Gasteiger partial charge in [0, 0.05) is 10.4 Å². The maximum absolute atomic E-state index is 12.3. The summed E-state index contributed by atoms with van der Waals surface area (Å²) in [5, 5.41) is 3.00. The molecule has 2 unspecified atom stereocenters. The first-order chi connectivity index (χ1) is 8.72. The summed E-state index contributed by atoms with van der Waals surface area (Å²) in [6.07, 6.45) is 4.36. The number of para-hydroxylation sites is 1. The fraction of sp³-hybridized carbons (Fsp3) is 0.500. The highest BCUT2D eigenvalue weighted by Gasteiger charge is 2.30.